The van der Waals surface area contributed by atoms with Crippen molar-refractivity contribution in [2.75, 3.05) is 7.11 Å². The topological polar surface area (TPSA) is 68.4 Å². The first kappa shape index (κ1) is 11.1. The summed E-state index contributed by atoms with van der Waals surface area (Å²) in [4.78, 5) is 4.05. The van der Waals surface area contributed by atoms with Gasteiger partial charge in [0, 0.05) is 7.11 Å². The molecule has 14 heavy (non-hydrogen) atoms. The summed E-state index contributed by atoms with van der Waals surface area (Å²) < 4.78 is 10.1. The smallest absolute Gasteiger partial charge is 0.255 e. The number of ether oxygens (including phenoxy) is 1. The summed E-state index contributed by atoms with van der Waals surface area (Å²) in [7, 11) is 1.61. The molecule has 0 aliphatic rings. The van der Waals surface area contributed by atoms with E-state index in [2.05, 4.69) is 17.1 Å². The highest BCUT2D eigenvalue weighted by Gasteiger charge is 2.18. The quantitative estimate of drug-likeness (QED) is 0.782. The van der Waals surface area contributed by atoms with Crippen LogP contribution in [-0.4, -0.2) is 22.4 Å². The van der Waals surface area contributed by atoms with Gasteiger partial charge in [-0.1, -0.05) is 18.5 Å². The highest BCUT2D eigenvalue weighted by molar-refractivity contribution is 4.92. The third kappa shape index (κ3) is 2.52. The van der Waals surface area contributed by atoms with Crippen LogP contribution in [0.2, 0.25) is 0 Å². The van der Waals surface area contributed by atoms with Crippen LogP contribution in [0.25, 0.3) is 0 Å². The molecule has 0 aliphatic heterocycles. The van der Waals surface area contributed by atoms with Gasteiger partial charge in [0.15, 0.2) is 0 Å². The van der Waals surface area contributed by atoms with Crippen molar-refractivity contribution >= 4 is 0 Å². The minimum Gasteiger partial charge on any atom is -0.384 e. The van der Waals surface area contributed by atoms with E-state index >= 15 is 0 Å². The molecule has 80 valence electrons. The van der Waals surface area contributed by atoms with Crippen molar-refractivity contribution in [2.45, 2.75) is 38.9 Å². The van der Waals surface area contributed by atoms with Crippen molar-refractivity contribution in [3.8, 4) is 0 Å². The Bertz CT molecular complexity index is 273. The molecule has 0 aliphatic carbocycles. The molecule has 0 saturated heterocycles. The maximum absolute atomic E-state index is 9.18. The first-order valence-electron chi connectivity index (χ1n) is 4.73. The lowest BCUT2D eigenvalue weighted by molar-refractivity contribution is 0.0853. The molecule has 1 unspecified atom stereocenters. The van der Waals surface area contributed by atoms with Crippen molar-refractivity contribution < 1.29 is 14.4 Å². The first-order chi connectivity index (χ1) is 6.69. The molecule has 0 bridgehead atoms. The Hall–Kier alpha value is -0.940. The Morgan fingerprint density at radius 1 is 1.57 bits per heavy atom. The van der Waals surface area contributed by atoms with Crippen LogP contribution in [0.1, 0.15) is 50.6 Å². The Kier molecular flexibility index (Phi) is 4.03. The highest BCUT2D eigenvalue weighted by Crippen LogP contribution is 2.20. The maximum Gasteiger partial charge on any atom is 0.255 e. The molecule has 2 atom stereocenters. The summed E-state index contributed by atoms with van der Waals surface area (Å²) in [5, 5.41) is 12.9. The second kappa shape index (κ2) is 5.07. The number of rotatable bonds is 5. The highest BCUT2D eigenvalue weighted by atomic mass is 16.5. The monoisotopic (exact) mass is 200 g/mol. The van der Waals surface area contributed by atoms with Gasteiger partial charge in [-0.05, 0) is 13.3 Å². The van der Waals surface area contributed by atoms with Crippen LogP contribution in [-0.2, 0) is 4.74 Å². The van der Waals surface area contributed by atoms with Crippen LogP contribution < -0.4 is 0 Å². The summed E-state index contributed by atoms with van der Waals surface area (Å²) in [6, 6.07) is 0. The Morgan fingerprint density at radius 2 is 2.29 bits per heavy atom. The average Bonchev–Trinajstić information content (AvgIpc) is 2.63. The molecule has 0 amide bonds. The normalized spacial score (nSPS) is 15.4. The summed E-state index contributed by atoms with van der Waals surface area (Å²) >= 11 is 0. The summed E-state index contributed by atoms with van der Waals surface area (Å²) in [6.45, 7) is 3.64. The van der Waals surface area contributed by atoms with Crippen molar-refractivity contribution in [3.05, 3.63) is 11.7 Å². The van der Waals surface area contributed by atoms with Crippen LogP contribution in [0.15, 0.2) is 4.52 Å². The van der Waals surface area contributed by atoms with Gasteiger partial charge in [-0.15, -0.1) is 0 Å². The number of aliphatic hydroxyl groups is 1. The molecule has 0 aromatic carbocycles. The number of methoxy groups -OCH3 is 1. The van der Waals surface area contributed by atoms with Gasteiger partial charge in [-0.3, -0.25) is 0 Å². The Balaban J connectivity index is 2.73. The van der Waals surface area contributed by atoms with Crippen LogP contribution >= 0.6 is 0 Å². The van der Waals surface area contributed by atoms with Gasteiger partial charge < -0.3 is 14.4 Å². The number of nitrogens with zero attached hydrogens (tertiary/aromatic N) is 2. The molecular formula is C9H16N2O3. The zero-order valence-electron chi connectivity index (χ0n) is 8.73. The van der Waals surface area contributed by atoms with Crippen LogP contribution in [0.3, 0.4) is 0 Å². The second-order valence-electron chi connectivity index (χ2n) is 3.18. The minimum absolute atomic E-state index is 0.142. The Morgan fingerprint density at radius 3 is 2.71 bits per heavy atom. The SMILES string of the molecule is CCCC(OC)c1noc([C@H](C)O)n1. The zero-order chi connectivity index (χ0) is 10.6. The largest absolute Gasteiger partial charge is 0.384 e. The minimum atomic E-state index is -0.726. The zero-order valence-corrected chi connectivity index (χ0v) is 8.73. The number of aliphatic hydroxyl groups excluding tert-OH is 1. The maximum atomic E-state index is 9.18. The van der Waals surface area contributed by atoms with Crippen LogP contribution in [0.4, 0.5) is 0 Å². The third-order valence-corrected chi connectivity index (χ3v) is 1.94. The van der Waals surface area contributed by atoms with E-state index in [1.165, 1.54) is 0 Å². The molecule has 1 rings (SSSR count). The summed E-state index contributed by atoms with van der Waals surface area (Å²) in [5.41, 5.74) is 0. The van der Waals surface area contributed by atoms with Gasteiger partial charge in [0.2, 0.25) is 5.82 Å². The molecule has 5 nitrogen and oxygen atoms in total. The lowest BCUT2D eigenvalue weighted by atomic mass is 10.2. The Labute approximate surface area is 83.1 Å². The van der Waals surface area contributed by atoms with Crippen LogP contribution in [0, 0.1) is 0 Å². The molecule has 0 spiro atoms. The predicted molar refractivity (Wildman–Crippen MR) is 49.6 cm³/mol. The summed E-state index contributed by atoms with van der Waals surface area (Å²) in [6.07, 6.45) is 0.957. The number of hydrogen-bond donors (Lipinski definition) is 1. The molecule has 0 saturated carbocycles. The van der Waals surface area contributed by atoms with Crippen molar-refractivity contribution in [1.82, 2.24) is 10.1 Å². The molecule has 1 aromatic rings. The van der Waals surface area contributed by atoms with Crippen molar-refractivity contribution in [3.63, 3.8) is 0 Å². The second-order valence-corrected chi connectivity index (χ2v) is 3.18. The van der Waals surface area contributed by atoms with E-state index < -0.39 is 6.10 Å². The lowest BCUT2D eigenvalue weighted by Crippen LogP contribution is -2.03. The van der Waals surface area contributed by atoms with Gasteiger partial charge >= 0.3 is 0 Å². The van der Waals surface area contributed by atoms with E-state index in [4.69, 9.17) is 9.26 Å². The van der Waals surface area contributed by atoms with Crippen molar-refractivity contribution in [1.29, 1.82) is 0 Å². The fourth-order valence-electron chi connectivity index (χ4n) is 1.16. The number of hydrogen-bond acceptors (Lipinski definition) is 5. The lowest BCUT2D eigenvalue weighted by Gasteiger charge is -2.08. The molecule has 5 heteroatoms. The fourth-order valence-corrected chi connectivity index (χ4v) is 1.16. The van der Waals surface area contributed by atoms with Gasteiger partial charge in [0.25, 0.3) is 5.89 Å². The molecule has 0 radical (unpaired) electrons. The standard InChI is InChI=1S/C9H16N2O3/c1-4-5-7(13-3)8-10-9(6(2)12)14-11-8/h6-7,12H,4-5H2,1-3H3/t6-,7?/m0/s1. The van der Waals surface area contributed by atoms with E-state index in [0.29, 0.717) is 5.82 Å². The van der Waals surface area contributed by atoms with E-state index in [1.807, 2.05) is 0 Å². The van der Waals surface area contributed by atoms with Gasteiger partial charge in [0.1, 0.15) is 12.2 Å². The number of aromatic nitrogens is 2. The first-order valence-corrected chi connectivity index (χ1v) is 4.73. The molecular weight excluding hydrogens is 184 g/mol. The average molecular weight is 200 g/mol. The van der Waals surface area contributed by atoms with Gasteiger partial charge in [-0.2, -0.15) is 4.98 Å². The van der Waals surface area contributed by atoms with E-state index in [9.17, 15) is 5.11 Å². The predicted octanol–water partition coefficient (Wildman–Crippen LogP) is 1.61. The van der Waals surface area contributed by atoms with Crippen LogP contribution in [0.5, 0.6) is 0 Å². The summed E-state index contributed by atoms with van der Waals surface area (Å²) in [5.74, 6) is 0.739. The molecule has 1 aromatic heterocycles. The van der Waals surface area contributed by atoms with E-state index in [0.717, 1.165) is 12.8 Å². The van der Waals surface area contributed by atoms with E-state index in [-0.39, 0.29) is 12.0 Å². The molecule has 1 N–H and O–H groups in total. The van der Waals surface area contributed by atoms with Gasteiger partial charge in [0.05, 0.1) is 0 Å². The van der Waals surface area contributed by atoms with E-state index in [1.54, 1.807) is 14.0 Å². The molecule has 1 heterocycles. The molecule has 0 fully saturated rings. The third-order valence-electron chi connectivity index (χ3n) is 1.94. The van der Waals surface area contributed by atoms with Gasteiger partial charge in [-0.25, -0.2) is 0 Å². The van der Waals surface area contributed by atoms with Crippen molar-refractivity contribution in [2.24, 2.45) is 0 Å². The fraction of sp³-hybridized carbons (Fsp3) is 0.778.